The molecular formula is C25H28ClO6PS. The summed E-state index contributed by atoms with van der Waals surface area (Å²) >= 11 is 8.10. The first kappa shape index (κ1) is 26.8. The van der Waals surface area contributed by atoms with E-state index in [1.165, 1.54) is 0 Å². The van der Waals surface area contributed by atoms with Crippen LogP contribution in [0.2, 0.25) is 5.02 Å². The van der Waals surface area contributed by atoms with Crippen molar-refractivity contribution in [3.05, 3.63) is 88.9 Å². The van der Waals surface area contributed by atoms with Crippen molar-refractivity contribution in [2.45, 2.75) is 35.7 Å². The highest BCUT2D eigenvalue weighted by atomic mass is 35.5. The number of hydrogen-bond acceptors (Lipinski definition) is 5. The predicted molar refractivity (Wildman–Crippen MR) is 134 cm³/mol. The van der Waals surface area contributed by atoms with Crippen LogP contribution in [0.25, 0.3) is 0 Å². The van der Waals surface area contributed by atoms with Gasteiger partial charge in [-0.3, -0.25) is 4.52 Å². The van der Waals surface area contributed by atoms with Gasteiger partial charge in [-0.1, -0.05) is 65.8 Å². The Labute approximate surface area is 209 Å². The fourth-order valence-corrected chi connectivity index (χ4v) is 5.01. The molecule has 0 spiro atoms. The van der Waals surface area contributed by atoms with Crippen LogP contribution in [0.5, 0.6) is 5.75 Å². The highest BCUT2D eigenvalue weighted by Crippen LogP contribution is 2.37. The summed E-state index contributed by atoms with van der Waals surface area (Å²) < 4.78 is 21.5. The van der Waals surface area contributed by atoms with Crippen LogP contribution >= 0.6 is 31.2 Å². The van der Waals surface area contributed by atoms with Crippen LogP contribution in [0.1, 0.15) is 24.0 Å². The van der Waals surface area contributed by atoms with E-state index in [0.717, 1.165) is 26.7 Å². The third-order valence-corrected chi connectivity index (χ3v) is 6.97. The molecule has 0 heterocycles. The molecule has 0 amide bonds. The molecule has 0 aliphatic carbocycles. The van der Waals surface area contributed by atoms with E-state index < -0.39 is 7.82 Å². The smallest absolute Gasteiger partial charge is 0.469 e. The average molecular weight is 523 g/mol. The Morgan fingerprint density at radius 1 is 0.941 bits per heavy atom. The number of halogens is 1. The van der Waals surface area contributed by atoms with Gasteiger partial charge in [-0.15, -0.1) is 0 Å². The molecule has 0 aromatic heterocycles. The molecular weight excluding hydrogens is 495 g/mol. The molecule has 34 heavy (non-hydrogen) atoms. The number of phosphoric acid groups is 1. The Morgan fingerprint density at radius 3 is 2.41 bits per heavy atom. The van der Waals surface area contributed by atoms with Gasteiger partial charge in [0.15, 0.2) is 0 Å². The van der Waals surface area contributed by atoms with Crippen molar-refractivity contribution in [2.24, 2.45) is 5.92 Å². The van der Waals surface area contributed by atoms with Gasteiger partial charge >= 0.3 is 7.82 Å². The lowest BCUT2D eigenvalue weighted by molar-refractivity contribution is 0.146. The Hall–Kier alpha value is -1.83. The standard InChI is InChI=1S/C25H28ClO6PS/c26-25-16-24(12-11-21(25)10-9-20(13-14-27)18-32-33(28,29)30)34-23-8-4-7-22(15-23)31-17-19-5-2-1-3-6-19/h1-8,11-12,15-16,20,27H,9-10,13-14,17-18H2,(H2,28,29,30). The molecule has 0 saturated carbocycles. The van der Waals surface area contributed by atoms with E-state index >= 15 is 0 Å². The van der Waals surface area contributed by atoms with Crippen LogP contribution < -0.4 is 4.74 Å². The summed E-state index contributed by atoms with van der Waals surface area (Å²) in [5.74, 6) is 0.616. The molecule has 0 bridgehead atoms. The normalized spacial score (nSPS) is 12.5. The summed E-state index contributed by atoms with van der Waals surface area (Å²) in [6.07, 6.45) is 1.60. The maximum absolute atomic E-state index is 11.0. The van der Waals surface area contributed by atoms with Crippen molar-refractivity contribution >= 4 is 31.2 Å². The average Bonchev–Trinajstić information content (AvgIpc) is 2.81. The molecule has 9 heteroatoms. The van der Waals surface area contributed by atoms with Gasteiger partial charge in [0.05, 0.1) is 6.61 Å². The fourth-order valence-electron chi connectivity index (χ4n) is 3.35. The molecule has 0 fully saturated rings. The zero-order valence-electron chi connectivity index (χ0n) is 18.5. The number of aliphatic hydroxyl groups is 1. The SMILES string of the molecule is O=P(O)(O)OCC(CCO)CCc1ccc(Sc2cccc(OCc3ccccc3)c2)cc1Cl. The monoisotopic (exact) mass is 522 g/mol. The largest absolute Gasteiger partial charge is 0.489 e. The number of benzene rings is 3. The van der Waals surface area contributed by atoms with Crippen molar-refractivity contribution in [1.82, 2.24) is 0 Å². The summed E-state index contributed by atoms with van der Waals surface area (Å²) in [6.45, 7) is 0.317. The summed E-state index contributed by atoms with van der Waals surface area (Å²) in [6, 6.07) is 23.8. The van der Waals surface area contributed by atoms with Crippen LogP contribution in [0, 0.1) is 5.92 Å². The zero-order chi connectivity index (χ0) is 24.4. The first-order valence-electron chi connectivity index (χ1n) is 10.9. The minimum absolute atomic E-state index is 0.0768. The second kappa shape index (κ2) is 13.3. The maximum atomic E-state index is 11.0. The molecule has 1 unspecified atom stereocenters. The Bertz CT molecular complexity index is 1090. The van der Waals surface area contributed by atoms with E-state index in [9.17, 15) is 9.67 Å². The number of rotatable bonds is 13. The third kappa shape index (κ3) is 9.43. The van der Waals surface area contributed by atoms with Crippen molar-refractivity contribution in [1.29, 1.82) is 0 Å². The highest BCUT2D eigenvalue weighted by molar-refractivity contribution is 7.99. The molecule has 3 aromatic rings. The Morgan fingerprint density at radius 2 is 1.71 bits per heavy atom. The summed E-state index contributed by atoms with van der Waals surface area (Å²) in [4.78, 5) is 19.8. The van der Waals surface area contributed by atoms with Crippen molar-refractivity contribution in [3.63, 3.8) is 0 Å². The summed E-state index contributed by atoms with van der Waals surface area (Å²) in [5.41, 5.74) is 2.04. The lowest BCUT2D eigenvalue weighted by Crippen LogP contribution is -2.12. The molecule has 3 aromatic carbocycles. The van der Waals surface area contributed by atoms with Crippen LogP contribution in [-0.2, 0) is 22.1 Å². The lowest BCUT2D eigenvalue weighted by Gasteiger charge is -2.17. The van der Waals surface area contributed by atoms with Crippen LogP contribution in [0.3, 0.4) is 0 Å². The van der Waals surface area contributed by atoms with Crippen molar-refractivity contribution in [2.75, 3.05) is 13.2 Å². The Kier molecular flexibility index (Phi) is 10.5. The molecule has 182 valence electrons. The van der Waals surface area contributed by atoms with Gasteiger partial charge in [0.2, 0.25) is 0 Å². The van der Waals surface area contributed by atoms with Crippen molar-refractivity contribution < 1.29 is 28.7 Å². The maximum Gasteiger partial charge on any atom is 0.469 e. The van der Waals surface area contributed by atoms with E-state index in [0.29, 0.717) is 30.9 Å². The highest BCUT2D eigenvalue weighted by Gasteiger charge is 2.18. The molecule has 0 aliphatic rings. The number of hydrogen-bond donors (Lipinski definition) is 3. The first-order chi connectivity index (χ1) is 16.3. The molecule has 3 N–H and O–H groups in total. The number of aryl methyl sites for hydroxylation is 1. The Balaban J connectivity index is 1.56. The van der Waals surface area contributed by atoms with Gasteiger partial charge in [-0.05, 0) is 66.6 Å². The van der Waals surface area contributed by atoms with E-state index in [1.807, 2.05) is 72.8 Å². The molecule has 0 aliphatic heterocycles. The molecule has 0 saturated heterocycles. The van der Waals surface area contributed by atoms with Crippen LogP contribution in [0.15, 0.2) is 82.6 Å². The van der Waals surface area contributed by atoms with Gasteiger partial charge < -0.3 is 19.6 Å². The van der Waals surface area contributed by atoms with Crippen LogP contribution in [0.4, 0.5) is 0 Å². The van der Waals surface area contributed by atoms with E-state index in [2.05, 4.69) is 4.52 Å². The van der Waals surface area contributed by atoms with Crippen LogP contribution in [-0.4, -0.2) is 28.1 Å². The van der Waals surface area contributed by atoms with Gasteiger partial charge in [0, 0.05) is 21.4 Å². The molecule has 0 radical (unpaired) electrons. The van der Waals surface area contributed by atoms with Crippen molar-refractivity contribution in [3.8, 4) is 5.75 Å². The summed E-state index contributed by atoms with van der Waals surface area (Å²) in [7, 11) is -4.53. The van der Waals surface area contributed by atoms with E-state index in [4.69, 9.17) is 26.1 Å². The van der Waals surface area contributed by atoms with E-state index in [-0.39, 0.29) is 19.1 Å². The predicted octanol–water partition coefficient (Wildman–Crippen LogP) is 6.11. The van der Waals surface area contributed by atoms with E-state index in [1.54, 1.807) is 11.8 Å². The number of ether oxygens (including phenoxy) is 1. The minimum atomic E-state index is -4.53. The first-order valence-corrected chi connectivity index (χ1v) is 13.6. The fraction of sp³-hybridized carbons (Fsp3) is 0.280. The van der Waals surface area contributed by atoms with Gasteiger partial charge in [0.25, 0.3) is 0 Å². The van der Waals surface area contributed by atoms with Gasteiger partial charge in [-0.2, -0.15) is 0 Å². The number of phosphoric ester groups is 1. The zero-order valence-corrected chi connectivity index (χ0v) is 21.0. The number of aliphatic hydroxyl groups excluding tert-OH is 1. The summed E-state index contributed by atoms with van der Waals surface area (Å²) in [5, 5.41) is 9.84. The van der Waals surface area contributed by atoms with Gasteiger partial charge in [-0.25, -0.2) is 4.57 Å². The van der Waals surface area contributed by atoms with Gasteiger partial charge in [0.1, 0.15) is 12.4 Å². The molecule has 3 rings (SSSR count). The second-order valence-electron chi connectivity index (χ2n) is 7.81. The molecule has 6 nitrogen and oxygen atoms in total. The quantitative estimate of drug-likeness (QED) is 0.233. The lowest BCUT2D eigenvalue weighted by atomic mass is 9.97. The molecule has 1 atom stereocenters. The topological polar surface area (TPSA) is 96.2 Å². The third-order valence-electron chi connectivity index (χ3n) is 5.15. The second-order valence-corrected chi connectivity index (χ2v) is 10.6. The minimum Gasteiger partial charge on any atom is -0.489 e.